The van der Waals surface area contributed by atoms with Crippen molar-refractivity contribution < 1.29 is 19.4 Å². The molecule has 8 nitrogen and oxygen atoms in total. The summed E-state index contributed by atoms with van der Waals surface area (Å²) in [5.41, 5.74) is 10.6. The van der Waals surface area contributed by atoms with Crippen LogP contribution in [0.1, 0.15) is 41.8 Å². The zero-order valence-electron chi connectivity index (χ0n) is 17.6. The van der Waals surface area contributed by atoms with E-state index in [0.717, 1.165) is 5.57 Å². The first kappa shape index (κ1) is 22.9. The van der Waals surface area contributed by atoms with Gasteiger partial charge in [-0.05, 0) is 61.3 Å². The second kappa shape index (κ2) is 9.13. The highest BCUT2D eigenvalue weighted by molar-refractivity contribution is 9.10. The van der Waals surface area contributed by atoms with E-state index in [4.69, 9.17) is 20.3 Å². The number of nitrogen functional groups attached to an aromatic ring is 1. The standard InChI is InChI=1S/C23H19BrN4O4/c1-4-31-18-6-13(17(24)7-19(18)32-10-20(29)30)5-14-11(2)15(8-25)22-21(14)12(3)16(9-26)23(27)28-22/h5-7H,4,10H2,1-3H3,(H2,27,28)(H,29,30)/b14-5-. The first-order valence-electron chi connectivity index (χ1n) is 9.58. The van der Waals surface area contributed by atoms with E-state index in [0.29, 0.717) is 50.4 Å². The lowest BCUT2D eigenvalue weighted by molar-refractivity contribution is -0.139. The van der Waals surface area contributed by atoms with Gasteiger partial charge in [0, 0.05) is 10.0 Å². The molecule has 9 heteroatoms. The van der Waals surface area contributed by atoms with Crippen LogP contribution in [0.3, 0.4) is 0 Å². The van der Waals surface area contributed by atoms with Crippen LogP contribution in [0, 0.1) is 29.6 Å². The summed E-state index contributed by atoms with van der Waals surface area (Å²) in [7, 11) is 0. The molecule has 0 amide bonds. The van der Waals surface area contributed by atoms with E-state index < -0.39 is 12.6 Å². The van der Waals surface area contributed by atoms with Crippen molar-refractivity contribution in [3.05, 3.63) is 50.1 Å². The fraction of sp³-hybridized carbons (Fsp3) is 0.217. The summed E-state index contributed by atoms with van der Waals surface area (Å²) in [5.74, 6) is -0.338. The van der Waals surface area contributed by atoms with Crippen LogP contribution in [0.2, 0.25) is 0 Å². The van der Waals surface area contributed by atoms with Crippen LogP contribution in [-0.4, -0.2) is 29.3 Å². The van der Waals surface area contributed by atoms with Crippen LogP contribution in [0.15, 0.2) is 22.2 Å². The number of halogens is 1. The van der Waals surface area contributed by atoms with Crippen molar-refractivity contribution in [3.8, 4) is 23.6 Å². The van der Waals surface area contributed by atoms with Crippen molar-refractivity contribution in [2.24, 2.45) is 0 Å². The lowest BCUT2D eigenvalue weighted by Crippen LogP contribution is -2.10. The number of nitriles is 2. The van der Waals surface area contributed by atoms with Crippen molar-refractivity contribution >= 4 is 44.9 Å². The van der Waals surface area contributed by atoms with Gasteiger partial charge in [-0.15, -0.1) is 0 Å². The molecule has 0 spiro atoms. The third-order valence-corrected chi connectivity index (χ3v) is 5.68. The Balaban J connectivity index is 2.22. The smallest absolute Gasteiger partial charge is 0.341 e. The largest absolute Gasteiger partial charge is 0.490 e. The molecular formula is C23H19BrN4O4. The fourth-order valence-electron chi connectivity index (χ4n) is 3.53. The molecule has 1 aromatic carbocycles. The number of aromatic nitrogens is 1. The van der Waals surface area contributed by atoms with Crippen molar-refractivity contribution in [2.45, 2.75) is 20.8 Å². The Morgan fingerprint density at radius 2 is 1.94 bits per heavy atom. The number of carboxylic acid groups (broad SMARTS) is 1. The Bertz CT molecular complexity index is 1280. The lowest BCUT2D eigenvalue weighted by atomic mass is 9.95. The molecule has 1 aliphatic rings. The predicted molar refractivity (Wildman–Crippen MR) is 123 cm³/mol. The number of rotatable bonds is 6. The fourth-order valence-corrected chi connectivity index (χ4v) is 3.97. The average molecular weight is 495 g/mol. The second-order valence-corrected chi connectivity index (χ2v) is 7.79. The van der Waals surface area contributed by atoms with Gasteiger partial charge in [0.1, 0.15) is 18.0 Å². The van der Waals surface area contributed by atoms with Gasteiger partial charge in [-0.2, -0.15) is 10.5 Å². The van der Waals surface area contributed by atoms with Gasteiger partial charge in [0.05, 0.1) is 23.4 Å². The van der Waals surface area contributed by atoms with E-state index in [2.05, 4.69) is 33.1 Å². The minimum absolute atomic E-state index is 0.0882. The van der Waals surface area contributed by atoms with Gasteiger partial charge in [-0.3, -0.25) is 0 Å². The van der Waals surface area contributed by atoms with Gasteiger partial charge in [-0.25, -0.2) is 9.78 Å². The van der Waals surface area contributed by atoms with Crippen LogP contribution in [0.5, 0.6) is 11.5 Å². The molecule has 0 fully saturated rings. The molecular weight excluding hydrogens is 476 g/mol. The van der Waals surface area contributed by atoms with Crippen molar-refractivity contribution in [3.63, 3.8) is 0 Å². The van der Waals surface area contributed by atoms with Crippen LogP contribution < -0.4 is 15.2 Å². The van der Waals surface area contributed by atoms with Crippen molar-refractivity contribution in [1.29, 1.82) is 10.5 Å². The van der Waals surface area contributed by atoms with Crippen LogP contribution >= 0.6 is 15.9 Å². The quantitative estimate of drug-likeness (QED) is 0.604. The highest BCUT2D eigenvalue weighted by atomic mass is 79.9. The number of hydrogen-bond donors (Lipinski definition) is 2. The minimum atomic E-state index is -1.10. The molecule has 1 heterocycles. The SMILES string of the molecule is CCOc1cc(/C=C2/C(C)=C(C#N)c3nc(N)c(C#N)c(C)c32)c(Br)cc1OCC(=O)O. The number of anilines is 1. The monoisotopic (exact) mass is 494 g/mol. The van der Waals surface area contributed by atoms with Crippen LogP contribution in [0.25, 0.3) is 17.2 Å². The molecule has 0 saturated carbocycles. The normalized spacial score (nSPS) is 13.5. The number of fused-ring (bicyclic) bond motifs is 1. The maximum atomic E-state index is 10.9. The molecule has 2 aromatic rings. The molecule has 1 aromatic heterocycles. The summed E-state index contributed by atoms with van der Waals surface area (Å²) in [6.45, 7) is 5.26. The highest BCUT2D eigenvalue weighted by Crippen LogP contribution is 2.45. The first-order chi connectivity index (χ1) is 15.2. The maximum Gasteiger partial charge on any atom is 0.341 e. The van der Waals surface area contributed by atoms with Gasteiger partial charge in [0.25, 0.3) is 0 Å². The van der Waals surface area contributed by atoms with Gasteiger partial charge < -0.3 is 20.3 Å². The average Bonchev–Trinajstić information content (AvgIpc) is 3.00. The number of ether oxygens (including phenoxy) is 2. The molecule has 3 rings (SSSR count). The zero-order chi connectivity index (χ0) is 23.6. The van der Waals surface area contributed by atoms with E-state index in [1.54, 1.807) is 19.1 Å². The predicted octanol–water partition coefficient (Wildman–Crippen LogP) is 4.32. The molecule has 0 atom stereocenters. The molecule has 0 radical (unpaired) electrons. The molecule has 162 valence electrons. The Labute approximate surface area is 193 Å². The maximum absolute atomic E-state index is 10.9. The summed E-state index contributed by atoms with van der Waals surface area (Å²) >= 11 is 3.50. The van der Waals surface area contributed by atoms with Crippen molar-refractivity contribution in [2.75, 3.05) is 18.9 Å². The number of aliphatic carboxylic acids is 1. The highest BCUT2D eigenvalue weighted by Gasteiger charge is 2.30. The van der Waals surface area contributed by atoms with Gasteiger partial charge in [0.2, 0.25) is 0 Å². The Morgan fingerprint density at radius 3 is 2.53 bits per heavy atom. The van der Waals surface area contributed by atoms with Gasteiger partial charge >= 0.3 is 5.97 Å². The van der Waals surface area contributed by atoms with Crippen LogP contribution in [-0.2, 0) is 4.79 Å². The minimum Gasteiger partial charge on any atom is -0.490 e. The summed E-state index contributed by atoms with van der Waals surface area (Å²) < 4.78 is 11.6. The van der Waals surface area contributed by atoms with Crippen molar-refractivity contribution in [1.82, 2.24) is 4.98 Å². The molecule has 0 aliphatic heterocycles. The summed E-state index contributed by atoms with van der Waals surface area (Å²) in [4.78, 5) is 15.2. The summed E-state index contributed by atoms with van der Waals surface area (Å²) in [5, 5.41) is 28.1. The van der Waals surface area contributed by atoms with E-state index in [1.165, 1.54) is 0 Å². The van der Waals surface area contributed by atoms with E-state index in [9.17, 15) is 15.3 Å². The second-order valence-electron chi connectivity index (χ2n) is 6.94. The van der Waals surface area contributed by atoms with E-state index in [1.807, 2.05) is 19.9 Å². The molecule has 3 N–H and O–H groups in total. The Hall–Kier alpha value is -3.82. The Morgan fingerprint density at radius 1 is 1.25 bits per heavy atom. The number of benzene rings is 1. The number of pyridine rings is 1. The molecule has 0 bridgehead atoms. The van der Waals surface area contributed by atoms with E-state index >= 15 is 0 Å². The molecule has 0 saturated heterocycles. The zero-order valence-corrected chi connectivity index (χ0v) is 19.2. The molecule has 0 unspecified atom stereocenters. The number of carbonyl (C=O) groups is 1. The number of carboxylic acids is 1. The van der Waals surface area contributed by atoms with E-state index in [-0.39, 0.29) is 17.1 Å². The number of nitrogens with two attached hydrogens (primary N) is 1. The molecule has 1 aliphatic carbocycles. The summed E-state index contributed by atoms with van der Waals surface area (Å²) in [6.07, 6.45) is 1.86. The molecule has 32 heavy (non-hydrogen) atoms. The summed E-state index contributed by atoms with van der Waals surface area (Å²) in [6, 6.07) is 7.63. The number of allylic oxidation sites excluding steroid dienone is 3. The number of hydrogen-bond acceptors (Lipinski definition) is 7. The third kappa shape index (κ3) is 4.03. The first-order valence-corrected chi connectivity index (χ1v) is 10.4. The van der Waals surface area contributed by atoms with Gasteiger partial charge in [-0.1, -0.05) is 15.9 Å². The van der Waals surface area contributed by atoms with Crippen LogP contribution in [0.4, 0.5) is 5.82 Å². The van der Waals surface area contributed by atoms with Gasteiger partial charge in [0.15, 0.2) is 18.1 Å². The third-order valence-electron chi connectivity index (χ3n) is 5.00. The lowest BCUT2D eigenvalue weighted by Gasteiger charge is -2.14. The Kier molecular flexibility index (Phi) is 6.52. The number of nitrogens with zero attached hydrogens (tertiary/aromatic N) is 3. The topological polar surface area (TPSA) is 142 Å².